The van der Waals surface area contributed by atoms with Crippen molar-refractivity contribution in [3.05, 3.63) is 52.9 Å². The van der Waals surface area contributed by atoms with E-state index in [1.54, 1.807) is 24.3 Å². The summed E-state index contributed by atoms with van der Waals surface area (Å²) in [5, 5.41) is 9.25. The SMILES string of the molecule is OCc1cccc(-c2ncc(Cl)cc2F)c1. The minimum atomic E-state index is -0.470. The van der Waals surface area contributed by atoms with E-state index < -0.39 is 5.82 Å². The van der Waals surface area contributed by atoms with Gasteiger partial charge in [-0.2, -0.15) is 0 Å². The van der Waals surface area contributed by atoms with Gasteiger partial charge < -0.3 is 5.11 Å². The second-order valence-electron chi connectivity index (χ2n) is 3.34. The maximum absolute atomic E-state index is 13.6. The Kier molecular flexibility index (Phi) is 3.17. The van der Waals surface area contributed by atoms with Crippen molar-refractivity contribution in [1.29, 1.82) is 0 Å². The molecule has 2 nitrogen and oxygen atoms in total. The second kappa shape index (κ2) is 4.60. The molecule has 82 valence electrons. The highest BCUT2D eigenvalue weighted by atomic mass is 35.5. The molecule has 1 heterocycles. The first-order chi connectivity index (χ1) is 7.70. The lowest BCUT2D eigenvalue weighted by Crippen LogP contribution is -1.90. The third kappa shape index (κ3) is 2.21. The Bertz CT molecular complexity index is 516. The number of hydrogen-bond acceptors (Lipinski definition) is 2. The third-order valence-electron chi connectivity index (χ3n) is 2.19. The number of benzene rings is 1. The number of hydrogen-bond donors (Lipinski definition) is 1. The average molecular weight is 238 g/mol. The molecule has 4 heteroatoms. The Labute approximate surface area is 97.3 Å². The van der Waals surface area contributed by atoms with Gasteiger partial charge in [-0.05, 0) is 17.7 Å². The van der Waals surface area contributed by atoms with Crippen LogP contribution in [0.15, 0.2) is 36.5 Å². The molecule has 0 bridgehead atoms. The van der Waals surface area contributed by atoms with Gasteiger partial charge in [0, 0.05) is 11.8 Å². The lowest BCUT2D eigenvalue weighted by molar-refractivity contribution is 0.282. The van der Waals surface area contributed by atoms with Gasteiger partial charge in [0.25, 0.3) is 0 Å². The summed E-state index contributed by atoms with van der Waals surface area (Å²) in [6.45, 7) is -0.0803. The Hall–Kier alpha value is -1.45. The first-order valence-electron chi connectivity index (χ1n) is 4.72. The maximum atomic E-state index is 13.6. The van der Waals surface area contributed by atoms with Crippen LogP contribution in [0.3, 0.4) is 0 Å². The number of aliphatic hydroxyl groups excluding tert-OH is 1. The van der Waals surface area contributed by atoms with Crippen LogP contribution in [-0.2, 0) is 6.61 Å². The van der Waals surface area contributed by atoms with Gasteiger partial charge >= 0.3 is 0 Å². The molecule has 2 rings (SSSR count). The van der Waals surface area contributed by atoms with Gasteiger partial charge in [-0.3, -0.25) is 4.98 Å². The molecule has 0 amide bonds. The van der Waals surface area contributed by atoms with Crippen molar-refractivity contribution >= 4 is 11.6 Å². The molecule has 0 aliphatic carbocycles. The normalized spacial score (nSPS) is 10.4. The molecule has 1 aromatic carbocycles. The van der Waals surface area contributed by atoms with Crippen molar-refractivity contribution in [3.63, 3.8) is 0 Å². The van der Waals surface area contributed by atoms with Gasteiger partial charge in [-0.1, -0.05) is 29.8 Å². The molecule has 0 aliphatic heterocycles. The third-order valence-corrected chi connectivity index (χ3v) is 2.40. The van der Waals surface area contributed by atoms with Crippen molar-refractivity contribution in [2.45, 2.75) is 6.61 Å². The number of nitrogens with zero attached hydrogens (tertiary/aromatic N) is 1. The van der Waals surface area contributed by atoms with E-state index in [0.29, 0.717) is 11.1 Å². The molecule has 1 N–H and O–H groups in total. The number of halogens is 2. The van der Waals surface area contributed by atoms with E-state index in [4.69, 9.17) is 16.7 Å². The van der Waals surface area contributed by atoms with Crippen LogP contribution >= 0.6 is 11.6 Å². The fraction of sp³-hybridized carbons (Fsp3) is 0.0833. The molecule has 16 heavy (non-hydrogen) atoms. The highest BCUT2D eigenvalue weighted by molar-refractivity contribution is 6.30. The highest BCUT2D eigenvalue weighted by Gasteiger charge is 2.07. The van der Waals surface area contributed by atoms with E-state index in [1.807, 2.05) is 0 Å². The maximum Gasteiger partial charge on any atom is 0.150 e. The van der Waals surface area contributed by atoms with E-state index in [1.165, 1.54) is 12.3 Å². The first-order valence-corrected chi connectivity index (χ1v) is 5.09. The molecule has 2 aromatic rings. The topological polar surface area (TPSA) is 33.1 Å². The van der Waals surface area contributed by atoms with E-state index in [-0.39, 0.29) is 17.3 Å². The Morgan fingerprint density at radius 1 is 1.31 bits per heavy atom. The fourth-order valence-electron chi connectivity index (χ4n) is 1.44. The summed E-state index contributed by atoms with van der Waals surface area (Å²) in [7, 11) is 0. The predicted molar refractivity (Wildman–Crippen MR) is 60.6 cm³/mol. The summed E-state index contributed by atoms with van der Waals surface area (Å²) in [5.41, 5.74) is 1.58. The summed E-state index contributed by atoms with van der Waals surface area (Å²) in [5.74, 6) is -0.470. The summed E-state index contributed by atoms with van der Waals surface area (Å²) < 4.78 is 13.6. The van der Waals surface area contributed by atoms with Gasteiger partial charge in [0.2, 0.25) is 0 Å². The van der Waals surface area contributed by atoms with Gasteiger partial charge in [-0.25, -0.2) is 4.39 Å². The number of rotatable bonds is 2. The van der Waals surface area contributed by atoms with Crippen molar-refractivity contribution < 1.29 is 9.50 Å². The molecule has 0 atom stereocenters. The molecule has 0 radical (unpaired) electrons. The lowest BCUT2D eigenvalue weighted by atomic mass is 10.1. The second-order valence-corrected chi connectivity index (χ2v) is 3.78. The van der Waals surface area contributed by atoms with Crippen LogP contribution in [0, 0.1) is 5.82 Å². The van der Waals surface area contributed by atoms with Crippen LogP contribution in [0.2, 0.25) is 5.02 Å². The number of aliphatic hydroxyl groups is 1. The minimum Gasteiger partial charge on any atom is -0.392 e. The molecule has 0 aliphatic rings. The molecule has 0 unspecified atom stereocenters. The summed E-state index contributed by atoms with van der Waals surface area (Å²) >= 11 is 5.62. The lowest BCUT2D eigenvalue weighted by Gasteiger charge is -2.04. The van der Waals surface area contributed by atoms with E-state index in [0.717, 1.165) is 0 Å². The summed E-state index contributed by atoms with van der Waals surface area (Å²) in [6, 6.07) is 8.15. The summed E-state index contributed by atoms with van der Waals surface area (Å²) in [6.07, 6.45) is 1.39. The largest absolute Gasteiger partial charge is 0.392 e. The average Bonchev–Trinajstić information content (AvgIpc) is 2.29. The van der Waals surface area contributed by atoms with Crippen LogP contribution in [0.1, 0.15) is 5.56 Å². The standard InChI is InChI=1S/C12H9ClFNO/c13-10-5-11(14)12(15-6-10)9-3-1-2-8(4-9)7-16/h1-6,16H,7H2. The molecule has 1 aromatic heterocycles. The van der Waals surface area contributed by atoms with Crippen molar-refractivity contribution in [3.8, 4) is 11.3 Å². The smallest absolute Gasteiger partial charge is 0.150 e. The summed E-state index contributed by atoms with van der Waals surface area (Å²) in [4.78, 5) is 3.93. The fourth-order valence-corrected chi connectivity index (χ4v) is 1.59. The Morgan fingerprint density at radius 3 is 2.81 bits per heavy atom. The molecule has 0 fully saturated rings. The predicted octanol–water partition coefficient (Wildman–Crippen LogP) is 3.03. The van der Waals surface area contributed by atoms with E-state index in [2.05, 4.69) is 4.98 Å². The van der Waals surface area contributed by atoms with Gasteiger partial charge in [-0.15, -0.1) is 0 Å². The zero-order valence-corrected chi connectivity index (χ0v) is 9.08. The zero-order valence-electron chi connectivity index (χ0n) is 8.32. The van der Waals surface area contributed by atoms with E-state index >= 15 is 0 Å². The molecule has 0 saturated carbocycles. The quantitative estimate of drug-likeness (QED) is 0.871. The first kappa shape index (κ1) is 11.0. The van der Waals surface area contributed by atoms with Gasteiger partial charge in [0.05, 0.1) is 11.6 Å². The number of aromatic nitrogens is 1. The minimum absolute atomic E-state index is 0.0803. The van der Waals surface area contributed by atoms with E-state index in [9.17, 15) is 4.39 Å². The van der Waals surface area contributed by atoms with Crippen LogP contribution in [-0.4, -0.2) is 10.1 Å². The van der Waals surface area contributed by atoms with Crippen molar-refractivity contribution in [2.24, 2.45) is 0 Å². The number of pyridine rings is 1. The van der Waals surface area contributed by atoms with Crippen molar-refractivity contribution in [2.75, 3.05) is 0 Å². The molecule has 0 saturated heterocycles. The van der Waals surface area contributed by atoms with Gasteiger partial charge in [0.1, 0.15) is 5.69 Å². The van der Waals surface area contributed by atoms with Crippen LogP contribution in [0.25, 0.3) is 11.3 Å². The van der Waals surface area contributed by atoms with Gasteiger partial charge in [0.15, 0.2) is 5.82 Å². The zero-order chi connectivity index (χ0) is 11.5. The van der Waals surface area contributed by atoms with Crippen molar-refractivity contribution in [1.82, 2.24) is 4.98 Å². The molecular weight excluding hydrogens is 229 g/mol. The monoisotopic (exact) mass is 237 g/mol. The molecular formula is C12H9ClFNO. The highest BCUT2D eigenvalue weighted by Crippen LogP contribution is 2.23. The van der Waals surface area contributed by atoms with Crippen LogP contribution in [0.5, 0.6) is 0 Å². The van der Waals surface area contributed by atoms with Crippen LogP contribution in [0.4, 0.5) is 4.39 Å². The Balaban J connectivity index is 2.49. The molecule has 0 spiro atoms. The van der Waals surface area contributed by atoms with Crippen LogP contribution < -0.4 is 0 Å². The Morgan fingerprint density at radius 2 is 2.12 bits per heavy atom.